The highest BCUT2D eigenvalue weighted by molar-refractivity contribution is 7.88. The molecular formula is C16H24N2O4S. The first-order valence-corrected chi connectivity index (χ1v) is 9.76. The van der Waals surface area contributed by atoms with Crippen molar-refractivity contribution in [2.75, 3.05) is 39.6 Å². The molecule has 0 amide bonds. The molecule has 23 heavy (non-hydrogen) atoms. The van der Waals surface area contributed by atoms with Crippen LogP contribution in [0.2, 0.25) is 0 Å². The number of likely N-dealkylation sites (tertiary alicyclic amines) is 1. The van der Waals surface area contributed by atoms with Gasteiger partial charge in [0.25, 0.3) is 0 Å². The molecule has 0 bridgehead atoms. The molecule has 2 aliphatic rings. The number of methoxy groups -OCH3 is 1. The summed E-state index contributed by atoms with van der Waals surface area (Å²) in [6.07, 6.45) is 2.15. The molecule has 1 aromatic carbocycles. The van der Waals surface area contributed by atoms with Crippen molar-refractivity contribution >= 4 is 10.0 Å². The summed E-state index contributed by atoms with van der Waals surface area (Å²) < 4.78 is 36.9. The fourth-order valence-electron chi connectivity index (χ4n) is 3.54. The van der Waals surface area contributed by atoms with E-state index in [-0.39, 0.29) is 12.1 Å². The van der Waals surface area contributed by atoms with E-state index in [1.54, 1.807) is 11.4 Å². The second-order valence-electron chi connectivity index (χ2n) is 6.19. The van der Waals surface area contributed by atoms with Crippen LogP contribution in [-0.2, 0) is 21.3 Å². The number of ether oxygens (including phenoxy) is 2. The van der Waals surface area contributed by atoms with Gasteiger partial charge in [0.1, 0.15) is 5.75 Å². The van der Waals surface area contributed by atoms with Crippen molar-refractivity contribution in [1.29, 1.82) is 0 Å². The number of para-hydroxylation sites is 1. The molecule has 0 aromatic heterocycles. The first-order valence-electron chi connectivity index (χ1n) is 7.91. The monoisotopic (exact) mass is 340 g/mol. The number of hydrogen-bond acceptors (Lipinski definition) is 5. The SMILES string of the molecule is COc1ccccc1CN1CC[C@H]2OCCN(S(C)(=O)=O)[C@@H]2C1. The molecule has 0 aliphatic carbocycles. The third-order valence-electron chi connectivity index (χ3n) is 4.63. The van der Waals surface area contributed by atoms with Gasteiger partial charge in [0, 0.05) is 31.7 Å². The number of piperidine rings is 1. The Balaban J connectivity index is 1.74. The average molecular weight is 340 g/mol. The number of morpholine rings is 1. The molecule has 6 nitrogen and oxygen atoms in total. The zero-order valence-corrected chi connectivity index (χ0v) is 14.5. The maximum atomic E-state index is 12.0. The zero-order chi connectivity index (χ0) is 16.4. The van der Waals surface area contributed by atoms with Crippen molar-refractivity contribution < 1.29 is 17.9 Å². The molecular weight excluding hydrogens is 316 g/mol. The molecule has 1 aromatic rings. The maximum Gasteiger partial charge on any atom is 0.211 e. The number of nitrogens with zero attached hydrogens (tertiary/aromatic N) is 2. The lowest BCUT2D eigenvalue weighted by atomic mass is 10.00. The summed E-state index contributed by atoms with van der Waals surface area (Å²) in [7, 11) is -1.53. The van der Waals surface area contributed by atoms with Crippen LogP contribution in [0.3, 0.4) is 0 Å². The summed E-state index contributed by atoms with van der Waals surface area (Å²) in [5.74, 6) is 0.870. The lowest BCUT2D eigenvalue weighted by Gasteiger charge is -2.45. The molecule has 3 rings (SSSR count). The second kappa shape index (κ2) is 6.76. The standard InChI is InChI=1S/C16H24N2O4S/c1-21-15-6-4-3-5-13(15)11-17-8-7-16-14(12-17)18(9-10-22-16)23(2,19)20/h3-6,14,16H,7-12H2,1-2H3/t14-,16-/m1/s1. The van der Waals surface area contributed by atoms with E-state index in [0.717, 1.165) is 30.8 Å². The molecule has 0 radical (unpaired) electrons. The lowest BCUT2D eigenvalue weighted by molar-refractivity contribution is -0.0768. The van der Waals surface area contributed by atoms with Crippen LogP contribution in [0.25, 0.3) is 0 Å². The van der Waals surface area contributed by atoms with E-state index < -0.39 is 10.0 Å². The van der Waals surface area contributed by atoms with Crippen molar-refractivity contribution in [2.24, 2.45) is 0 Å². The molecule has 7 heteroatoms. The molecule has 2 heterocycles. The highest BCUT2D eigenvalue weighted by Gasteiger charge is 2.40. The Hall–Kier alpha value is -1.15. The van der Waals surface area contributed by atoms with Crippen LogP contribution >= 0.6 is 0 Å². The van der Waals surface area contributed by atoms with Gasteiger partial charge in [0.05, 0.1) is 32.1 Å². The van der Waals surface area contributed by atoms with Crippen molar-refractivity contribution in [3.63, 3.8) is 0 Å². The predicted octanol–water partition coefficient (Wildman–Crippen LogP) is 0.930. The molecule has 2 aliphatic heterocycles. The van der Waals surface area contributed by atoms with Crippen LogP contribution in [-0.4, -0.2) is 69.4 Å². The predicted molar refractivity (Wildman–Crippen MR) is 88.0 cm³/mol. The summed E-state index contributed by atoms with van der Waals surface area (Å²) in [6, 6.07) is 7.86. The molecule has 0 saturated carbocycles. The van der Waals surface area contributed by atoms with E-state index >= 15 is 0 Å². The molecule has 2 fully saturated rings. The summed E-state index contributed by atoms with van der Waals surface area (Å²) in [5, 5.41) is 0. The van der Waals surface area contributed by atoms with E-state index in [1.165, 1.54) is 6.26 Å². The van der Waals surface area contributed by atoms with Crippen LogP contribution in [0.4, 0.5) is 0 Å². The Morgan fingerprint density at radius 1 is 1.30 bits per heavy atom. The van der Waals surface area contributed by atoms with Crippen LogP contribution in [0, 0.1) is 0 Å². The number of benzene rings is 1. The molecule has 0 spiro atoms. The quantitative estimate of drug-likeness (QED) is 0.816. The summed E-state index contributed by atoms with van der Waals surface area (Å²) in [6.45, 7) is 3.28. The van der Waals surface area contributed by atoms with Crippen molar-refractivity contribution in [3.05, 3.63) is 29.8 Å². The first-order chi connectivity index (χ1) is 11.0. The Morgan fingerprint density at radius 2 is 2.09 bits per heavy atom. The van der Waals surface area contributed by atoms with Gasteiger partial charge >= 0.3 is 0 Å². The van der Waals surface area contributed by atoms with E-state index in [4.69, 9.17) is 9.47 Å². The second-order valence-corrected chi connectivity index (χ2v) is 8.12. The van der Waals surface area contributed by atoms with Gasteiger partial charge in [-0.25, -0.2) is 8.42 Å². The Labute approximate surface area is 138 Å². The Bertz CT molecular complexity index is 649. The third kappa shape index (κ3) is 3.68. The van der Waals surface area contributed by atoms with Gasteiger partial charge < -0.3 is 9.47 Å². The summed E-state index contributed by atoms with van der Waals surface area (Å²) >= 11 is 0. The smallest absolute Gasteiger partial charge is 0.211 e. The minimum atomic E-state index is -3.20. The minimum Gasteiger partial charge on any atom is -0.496 e. The van der Waals surface area contributed by atoms with Crippen LogP contribution in [0.15, 0.2) is 24.3 Å². The fourth-order valence-corrected chi connectivity index (χ4v) is 4.64. The number of rotatable bonds is 4. The zero-order valence-electron chi connectivity index (χ0n) is 13.6. The van der Waals surface area contributed by atoms with Crippen molar-refractivity contribution in [1.82, 2.24) is 9.21 Å². The summed E-state index contributed by atoms with van der Waals surface area (Å²) in [5.41, 5.74) is 1.12. The largest absolute Gasteiger partial charge is 0.496 e. The van der Waals surface area contributed by atoms with E-state index in [1.807, 2.05) is 18.2 Å². The van der Waals surface area contributed by atoms with Crippen LogP contribution < -0.4 is 4.74 Å². The number of hydrogen-bond donors (Lipinski definition) is 0. The van der Waals surface area contributed by atoms with Crippen molar-refractivity contribution in [3.8, 4) is 5.75 Å². The fraction of sp³-hybridized carbons (Fsp3) is 0.625. The van der Waals surface area contributed by atoms with Gasteiger partial charge in [-0.3, -0.25) is 4.90 Å². The Morgan fingerprint density at radius 3 is 2.83 bits per heavy atom. The minimum absolute atomic E-state index is 0.00685. The Kier molecular flexibility index (Phi) is 4.91. The normalized spacial score (nSPS) is 26.7. The van der Waals surface area contributed by atoms with E-state index in [2.05, 4.69) is 11.0 Å². The van der Waals surface area contributed by atoms with Gasteiger partial charge in [-0.15, -0.1) is 0 Å². The van der Waals surface area contributed by atoms with Gasteiger partial charge in [-0.1, -0.05) is 18.2 Å². The highest BCUT2D eigenvalue weighted by Crippen LogP contribution is 2.27. The van der Waals surface area contributed by atoms with E-state index in [0.29, 0.717) is 19.7 Å². The van der Waals surface area contributed by atoms with Gasteiger partial charge in [-0.05, 0) is 12.5 Å². The molecule has 0 unspecified atom stereocenters. The van der Waals surface area contributed by atoms with Crippen LogP contribution in [0.1, 0.15) is 12.0 Å². The number of sulfonamides is 1. The molecule has 2 saturated heterocycles. The van der Waals surface area contributed by atoms with Gasteiger partial charge in [-0.2, -0.15) is 4.31 Å². The molecule has 2 atom stereocenters. The highest BCUT2D eigenvalue weighted by atomic mass is 32.2. The van der Waals surface area contributed by atoms with Gasteiger partial charge in [0.2, 0.25) is 10.0 Å². The average Bonchev–Trinajstić information content (AvgIpc) is 2.54. The number of fused-ring (bicyclic) bond motifs is 1. The van der Waals surface area contributed by atoms with E-state index in [9.17, 15) is 8.42 Å². The lowest BCUT2D eigenvalue weighted by Crippen LogP contribution is -2.60. The van der Waals surface area contributed by atoms with Crippen LogP contribution in [0.5, 0.6) is 5.75 Å². The maximum absolute atomic E-state index is 12.0. The third-order valence-corrected chi connectivity index (χ3v) is 5.94. The molecule has 0 N–H and O–H groups in total. The topological polar surface area (TPSA) is 59.1 Å². The van der Waals surface area contributed by atoms with Crippen molar-refractivity contribution in [2.45, 2.75) is 25.1 Å². The first kappa shape index (κ1) is 16.7. The van der Waals surface area contributed by atoms with Gasteiger partial charge in [0.15, 0.2) is 0 Å². The molecule has 128 valence electrons. The summed E-state index contributed by atoms with van der Waals surface area (Å²) in [4.78, 5) is 2.28.